The molecule has 3 rings (SSSR count). The van der Waals surface area contributed by atoms with E-state index in [1.807, 2.05) is 36.4 Å². The van der Waals surface area contributed by atoms with Crippen LogP contribution in [-0.4, -0.2) is 51.1 Å². The summed E-state index contributed by atoms with van der Waals surface area (Å²) in [6, 6.07) is 15.8. The average Bonchev–Trinajstić information content (AvgIpc) is 3.14. The van der Waals surface area contributed by atoms with E-state index in [0.717, 1.165) is 28.9 Å². The molecule has 0 radical (unpaired) electrons. The van der Waals surface area contributed by atoms with Gasteiger partial charge in [-0.15, -0.1) is 0 Å². The fourth-order valence-corrected chi connectivity index (χ4v) is 2.88. The Labute approximate surface area is 159 Å². The Bertz CT molecular complexity index is 791. The van der Waals surface area contributed by atoms with Crippen LogP contribution in [0.3, 0.4) is 0 Å². The Morgan fingerprint density at radius 2 is 1.81 bits per heavy atom. The largest absolute Gasteiger partial charge is 0.378 e. The number of aliphatic imine (C=N–C) groups is 1. The predicted molar refractivity (Wildman–Crippen MR) is 106 cm³/mol. The third-order valence-electron chi connectivity index (χ3n) is 4.23. The molecule has 142 valence electrons. The first-order valence-electron chi connectivity index (χ1n) is 9.17. The maximum atomic E-state index is 12.3. The monoisotopic (exact) mass is 367 g/mol. The van der Waals surface area contributed by atoms with Crippen molar-refractivity contribution in [2.45, 2.75) is 6.42 Å². The fourth-order valence-electron chi connectivity index (χ4n) is 2.88. The highest BCUT2D eigenvalue weighted by Crippen LogP contribution is 2.29. The van der Waals surface area contributed by atoms with Crippen LogP contribution < -0.4 is 11.1 Å². The van der Waals surface area contributed by atoms with E-state index >= 15 is 0 Å². The molecule has 0 unspecified atom stereocenters. The summed E-state index contributed by atoms with van der Waals surface area (Å²) in [7, 11) is 0. The smallest absolute Gasteiger partial charge is 0.251 e. The van der Waals surface area contributed by atoms with E-state index in [2.05, 4.69) is 22.4 Å². The van der Waals surface area contributed by atoms with Gasteiger partial charge < -0.3 is 20.5 Å². The number of nitrogens with one attached hydrogen (secondary N) is 1. The molecule has 3 N–H and O–H groups in total. The highest BCUT2D eigenvalue weighted by Gasteiger charge is 2.17. The van der Waals surface area contributed by atoms with E-state index in [-0.39, 0.29) is 5.91 Å². The topological polar surface area (TPSA) is 85.9 Å². The second kappa shape index (κ2) is 9.97. The van der Waals surface area contributed by atoms with Crippen molar-refractivity contribution in [2.75, 3.05) is 39.5 Å². The normalized spacial score (nSPS) is 12.6. The molecular weight excluding hydrogens is 342 g/mol. The van der Waals surface area contributed by atoms with Crippen molar-refractivity contribution in [3.8, 4) is 0 Å². The summed E-state index contributed by atoms with van der Waals surface area (Å²) in [6.07, 6.45) is 0.742. The number of ether oxygens (including phenoxy) is 2. The van der Waals surface area contributed by atoms with Crippen molar-refractivity contribution in [1.29, 1.82) is 0 Å². The van der Waals surface area contributed by atoms with Crippen LogP contribution in [0.4, 0.5) is 5.69 Å². The van der Waals surface area contributed by atoms with Crippen molar-refractivity contribution in [3.63, 3.8) is 0 Å². The number of rotatable bonds is 10. The minimum atomic E-state index is -0.103. The third kappa shape index (κ3) is 5.47. The summed E-state index contributed by atoms with van der Waals surface area (Å²) in [4.78, 5) is 17.0. The molecule has 27 heavy (non-hydrogen) atoms. The third-order valence-corrected chi connectivity index (χ3v) is 4.23. The Hall–Kier alpha value is -2.54. The lowest BCUT2D eigenvalue weighted by molar-refractivity contribution is 0.0511. The molecule has 1 heterocycles. The number of nitrogens with two attached hydrogens (primary N) is 1. The van der Waals surface area contributed by atoms with Gasteiger partial charge >= 0.3 is 0 Å². The quantitative estimate of drug-likeness (QED) is 0.630. The lowest BCUT2D eigenvalue weighted by Crippen LogP contribution is -2.27. The van der Waals surface area contributed by atoms with E-state index in [0.29, 0.717) is 45.1 Å². The molecule has 2 aromatic rings. The number of fused-ring (bicyclic) bond motifs is 1. The van der Waals surface area contributed by atoms with E-state index in [4.69, 9.17) is 15.2 Å². The minimum absolute atomic E-state index is 0.103. The number of benzene rings is 2. The van der Waals surface area contributed by atoms with Crippen LogP contribution in [0.25, 0.3) is 0 Å². The number of nitrogens with zero attached hydrogens (tertiary/aromatic N) is 1. The molecule has 6 nitrogen and oxygen atoms in total. The van der Waals surface area contributed by atoms with Gasteiger partial charge in [0.1, 0.15) is 0 Å². The van der Waals surface area contributed by atoms with Crippen molar-refractivity contribution >= 4 is 17.3 Å². The molecule has 0 atom stereocenters. The Balaban J connectivity index is 1.45. The standard InChI is InChI=1S/C21H25N3O3/c22-8-10-26-12-13-27-11-9-23-21(25)17-6-7-19-18(14-17)15-20(24-19)16-4-2-1-3-5-16/h1-7,14H,8-13,15,22H2,(H,23,25). The Kier molecular flexibility index (Phi) is 7.10. The van der Waals surface area contributed by atoms with Gasteiger partial charge in [0.05, 0.1) is 37.8 Å². The molecular formula is C21H25N3O3. The molecule has 0 saturated carbocycles. The Morgan fingerprint density at radius 3 is 2.59 bits per heavy atom. The first-order chi connectivity index (χ1) is 13.3. The number of carbonyl (C=O) groups excluding carboxylic acids is 1. The van der Waals surface area contributed by atoms with Gasteiger partial charge in [-0.1, -0.05) is 30.3 Å². The molecule has 0 spiro atoms. The van der Waals surface area contributed by atoms with E-state index in [1.165, 1.54) is 0 Å². The van der Waals surface area contributed by atoms with Crippen LogP contribution in [-0.2, 0) is 15.9 Å². The SMILES string of the molecule is NCCOCCOCCNC(=O)c1ccc2c(c1)CC(c1ccccc1)=N2. The van der Waals surface area contributed by atoms with Gasteiger partial charge in [0.25, 0.3) is 5.91 Å². The molecule has 2 aromatic carbocycles. The number of amides is 1. The van der Waals surface area contributed by atoms with Crippen LogP contribution >= 0.6 is 0 Å². The average molecular weight is 367 g/mol. The molecule has 0 aliphatic carbocycles. The summed E-state index contributed by atoms with van der Waals surface area (Å²) in [5, 5.41) is 2.87. The lowest BCUT2D eigenvalue weighted by Gasteiger charge is -2.08. The van der Waals surface area contributed by atoms with Gasteiger partial charge in [-0.25, -0.2) is 0 Å². The van der Waals surface area contributed by atoms with Crippen LogP contribution in [0.15, 0.2) is 53.5 Å². The van der Waals surface area contributed by atoms with Gasteiger partial charge in [0.15, 0.2) is 0 Å². The maximum absolute atomic E-state index is 12.3. The van der Waals surface area contributed by atoms with E-state index in [1.54, 1.807) is 0 Å². The summed E-state index contributed by atoms with van der Waals surface area (Å²) >= 11 is 0. The van der Waals surface area contributed by atoms with Crippen molar-refractivity contribution in [3.05, 3.63) is 65.2 Å². The zero-order valence-corrected chi connectivity index (χ0v) is 15.3. The molecule has 0 bridgehead atoms. The molecule has 0 saturated heterocycles. The molecule has 1 amide bonds. The molecule has 1 aliphatic heterocycles. The summed E-state index contributed by atoms with van der Waals surface area (Å²) in [6.45, 7) is 2.96. The van der Waals surface area contributed by atoms with Gasteiger partial charge in [0, 0.05) is 25.1 Å². The molecule has 0 aromatic heterocycles. The number of hydrogen-bond donors (Lipinski definition) is 2. The van der Waals surface area contributed by atoms with Crippen LogP contribution in [0.2, 0.25) is 0 Å². The van der Waals surface area contributed by atoms with Gasteiger partial charge in [-0.3, -0.25) is 9.79 Å². The lowest BCUT2D eigenvalue weighted by atomic mass is 10.0. The maximum Gasteiger partial charge on any atom is 0.251 e. The summed E-state index contributed by atoms with van der Waals surface area (Å²) < 4.78 is 10.6. The van der Waals surface area contributed by atoms with Gasteiger partial charge in [-0.2, -0.15) is 0 Å². The number of carbonyl (C=O) groups is 1. The highest BCUT2D eigenvalue weighted by atomic mass is 16.5. The molecule has 6 heteroatoms. The zero-order valence-electron chi connectivity index (χ0n) is 15.3. The second-order valence-electron chi connectivity index (χ2n) is 6.21. The van der Waals surface area contributed by atoms with Crippen LogP contribution in [0.1, 0.15) is 21.5 Å². The Morgan fingerprint density at radius 1 is 1.04 bits per heavy atom. The van der Waals surface area contributed by atoms with Crippen molar-refractivity contribution in [2.24, 2.45) is 10.7 Å². The van der Waals surface area contributed by atoms with Gasteiger partial charge in [-0.05, 0) is 29.3 Å². The first-order valence-corrected chi connectivity index (χ1v) is 9.17. The summed E-state index contributed by atoms with van der Waals surface area (Å²) in [5.41, 5.74) is 10.1. The van der Waals surface area contributed by atoms with Crippen molar-refractivity contribution in [1.82, 2.24) is 5.32 Å². The predicted octanol–water partition coefficient (Wildman–Crippen LogP) is 2.09. The first kappa shape index (κ1) is 19.2. The molecule has 0 fully saturated rings. The minimum Gasteiger partial charge on any atom is -0.378 e. The van der Waals surface area contributed by atoms with E-state index < -0.39 is 0 Å². The highest BCUT2D eigenvalue weighted by molar-refractivity contribution is 6.07. The zero-order chi connectivity index (χ0) is 18.9. The summed E-state index contributed by atoms with van der Waals surface area (Å²) in [5.74, 6) is -0.103. The van der Waals surface area contributed by atoms with Crippen LogP contribution in [0.5, 0.6) is 0 Å². The second-order valence-corrected chi connectivity index (χ2v) is 6.21. The number of hydrogen-bond acceptors (Lipinski definition) is 5. The van der Waals surface area contributed by atoms with Crippen LogP contribution in [0, 0.1) is 0 Å². The van der Waals surface area contributed by atoms with Crippen molar-refractivity contribution < 1.29 is 14.3 Å². The van der Waals surface area contributed by atoms with Gasteiger partial charge in [0.2, 0.25) is 0 Å². The molecule has 1 aliphatic rings. The van der Waals surface area contributed by atoms with E-state index in [9.17, 15) is 4.79 Å². The fraction of sp³-hybridized carbons (Fsp3) is 0.333.